The Hall–Kier alpha value is -1.12. The van der Waals surface area contributed by atoms with Gasteiger partial charge in [-0.25, -0.2) is 0 Å². The second-order valence-electron chi connectivity index (χ2n) is 4.86. The van der Waals surface area contributed by atoms with Crippen molar-refractivity contribution in [1.82, 2.24) is 15.5 Å². The van der Waals surface area contributed by atoms with Crippen molar-refractivity contribution < 1.29 is 4.79 Å². The van der Waals surface area contributed by atoms with E-state index in [2.05, 4.69) is 43.2 Å². The monoisotopic (exact) mass is 254 g/mol. The van der Waals surface area contributed by atoms with Crippen LogP contribution in [-0.4, -0.2) is 49.1 Å². The average Bonchev–Trinajstić information content (AvgIpc) is 2.28. The predicted octanol–water partition coefficient (Wildman–Crippen LogP) is 0.725. The normalized spacial score (nSPS) is 11.0. The van der Waals surface area contributed by atoms with Gasteiger partial charge in [0.2, 0.25) is 5.91 Å². The number of amides is 1. The molecule has 5 heteroatoms. The molecule has 0 aliphatic carbocycles. The van der Waals surface area contributed by atoms with Crippen molar-refractivity contribution >= 4 is 5.91 Å². The van der Waals surface area contributed by atoms with Crippen LogP contribution < -0.4 is 10.6 Å². The van der Waals surface area contributed by atoms with Crippen LogP contribution in [0.5, 0.6) is 0 Å². The maximum Gasteiger partial charge on any atom is 0.233 e. The van der Waals surface area contributed by atoms with Crippen LogP contribution >= 0.6 is 0 Å². The quantitative estimate of drug-likeness (QED) is 0.595. The fraction of sp³-hybridized carbons (Fsp3) is 0.846. The highest BCUT2D eigenvalue weighted by molar-refractivity contribution is 5.77. The summed E-state index contributed by atoms with van der Waals surface area (Å²) >= 11 is 0. The van der Waals surface area contributed by atoms with Gasteiger partial charge in [-0.15, -0.1) is 0 Å². The van der Waals surface area contributed by atoms with Crippen molar-refractivity contribution in [2.45, 2.75) is 46.2 Å². The maximum atomic E-state index is 11.3. The van der Waals surface area contributed by atoms with Gasteiger partial charge in [-0.05, 0) is 27.7 Å². The lowest BCUT2D eigenvalue weighted by Crippen LogP contribution is -2.43. The van der Waals surface area contributed by atoms with E-state index >= 15 is 0 Å². The van der Waals surface area contributed by atoms with Crippen molar-refractivity contribution in [3.05, 3.63) is 0 Å². The lowest BCUT2D eigenvalue weighted by atomic mass is 10.2. The van der Waals surface area contributed by atoms with Crippen molar-refractivity contribution in [2.75, 3.05) is 26.2 Å². The van der Waals surface area contributed by atoms with Gasteiger partial charge in [-0.1, -0.05) is 0 Å². The van der Waals surface area contributed by atoms with E-state index in [0.717, 1.165) is 13.1 Å². The molecule has 0 bridgehead atoms. The van der Waals surface area contributed by atoms with Crippen molar-refractivity contribution in [1.29, 1.82) is 5.26 Å². The van der Waals surface area contributed by atoms with Gasteiger partial charge in [-0.2, -0.15) is 5.26 Å². The minimum atomic E-state index is -0.0501. The van der Waals surface area contributed by atoms with Crippen LogP contribution in [0.1, 0.15) is 34.1 Å². The van der Waals surface area contributed by atoms with E-state index in [0.29, 0.717) is 31.6 Å². The molecule has 0 heterocycles. The second-order valence-corrected chi connectivity index (χ2v) is 4.86. The Kier molecular flexibility index (Phi) is 9.25. The van der Waals surface area contributed by atoms with E-state index in [1.165, 1.54) is 0 Å². The number of carbonyl (C=O) groups is 1. The summed E-state index contributed by atoms with van der Waals surface area (Å²) < 4.78 is 0. The van der Waals surface area contributed by atoms with Gasteiger partial charge in [0.25, 0.3) is 0 Å². The number of nitrogens with zero attached hydrogens (tertiary/aromatic N) is 2. The minimum absolute atomic E-state index is 0.0501. The molecule has 0 spiro atoms. The molecule has 0 unspecified atom stereocenters. The molecule has 0 aliphatic rings. The van der Waals surface area contributed by atoms with Gasteiger partial charge in [0.1, 0.15) is 0 Å². The van der Waals surface area contributed by atoms with Gasteiger partial charge in [0.15, 0.2) is 0 Å². The van der Waals surface area contributed by atoms with Crippen molar-refractivity contribution in [3.63, 3.8) is 0 Å². The molecule has 104 valence electrons. The van der Waals surface area contributed by atoms with E-state index in [4.69, 9.17) is 5.26 Å². The van der Waals surface area contributed by atoms with Crippen LogP contribution in [0.15, 0.2) is 0 Å². The summed E-state index contributed by atoms with van der Waals surface area (Å²) in [5, 5.41) is 14.1. The van der Waals surface area contributed by atoms with E-state index in [9.17, 15) is 4.79 Å². The smallest absolute Gasteiger partial charge is 0.233 e. The highest BCUT2D eigenvalue weighted by atomic mass is 16.1. The molecule has 18 heavy (non-hydrogen) atoms. The van der Waals surface area contributed by atoms with Gasteiger partial charge in [0.05, 0.1) is 19.0 Å². The molecule has 0 atom stereocenters. The second kappa shape index (κ2) is 9.86. The van der Waals surface area contributed by atoms with Gasteiger partial charge < -0.3 is 10.6 Å². The molecular formula is C13H26N4O. The van der Waals surface area contributed by atoms with Crippen LogP contribution in [0.3, 0.4) is 0 Å². The van der Waals surface area contributed by atoms with Crippen LogP contribution in [0.4, 0.5) is 0 Å². The van der Waals surface area contributed by atoms with Gasteiger partial charge >= 0.3 is 0 Å². The summed E-state index contributed by atoms with van der Waals surface area (Å²) in [7, 11) is 0. The lowest BCUT2D eigenvalue weighted by Gasteiger charge is -2.30. The van der Waals surface area contributed by atoms with Crippen LogP contribution in [-0.2, 0) is 4.79 Å². The standard InChI is InChI=1S/C13H26N4O/c1-11(2)17(12(3)4)9-8-15-10-13(18)16-7-5-6-14/h11-12,15H,5,7-10H2,1-4H3,(H,16,18). The summed E-state index contributed by atoms with van der Waals surface area (Å²) in [6.45, 7) is 11.2. The number of hydrogen-bond donors (Lipinski definition) is 2. The SMILES string of the molecule is CC(C)N(CCNCC(=O)NCCC#N)C(C)C. The molecule has 0 rings (SSSR count). The Morgan fingerprint density at radius 3 is 2.33 bits per heavy atom. The third kappa shape index (κ3) is 8.04. The third-order valence-corrected chi connectivity index (χ3v) is 2.72. The molecule has 2 N–H and O–H groups in total. The molecule has 0 aliphatic heterocycles. The van der Waals surface area contributed by atoms with Crippen molar-refractivity contribution in [3.8, 4) is 6.07 Å². The molecule has 0 aromatic carbocycles. The summed E-state index contributed by atoms with van der Waals surface area (Å²) in [6, 6.07) is 3.01. The summed E-state index contributed by atoms with van der Waals surface area (Å²) in [6.07, 6.45) is 0.361. The zero-order valence-corrected chi connectivity index (χ0v) is 12.0. The first-order chi connectivity index (χ1) is 8.49. The van der Waals surface area contributed by atoms with Gasteiger partial charge in [-0.3, -0.25) is 9.69 Å². The number of carbonyl (C=O) groups excluding carboxylic acids is 1. The van der Waals surface area contributed by atoms with Crippen LogP contribution in [0, 0.1) is 11.3 Å². The van der Waals surface area contributed by atoms with E-state index < -0.39 is 0 Å². The third-order valence-electron chi connectivity index (χ3n) is 2.72. The summed E-state index contributed by atoms with van der Waals surface area (Å²) in [4.78, 5) is 13.7. The number of nitrogens with one attached hydrogen (secondary N) is 2. The fourth-order valence-corrected chi connectivity index (χ4v) is 1.84. The molecule has 0 saturated heterocycles. The van der Waals surface area contributed by atoms with E-state index in [-0.39, 0.29) is 5.91 Å². The molecule has 0 saturated carbocycles. The predicted molar refractivity (Wildman–Crippen MR) is 73.1 cm³/mol. The first-order valence-electron chi connectivity index (χ1n) is 6.59. The van der Waals surface area contributed by atoms with Crippen molar-refractivity contribution in [2.24, 2.45) is 0 Å². The van der Waals surface area contributed by atoms with Crippen LogP contribution in [0.2, 0.25) is 0 Å². The summed E-state index contributed by atoms with van der Waals surface area (Å²) in [5.74, 6) is -0.0501. The largest absolute Gasteiger partial charge is 0.354 e. The molecule has 5 nitrogen and oxygen atoms in total. The fourth-order valence-electron chi connectivity index (χ4n) is 1.84. The molecule has 0 aromatic heterocycles. The maximum absolute atomic E-state index is 11.3. The Labute approximate surface area is 111 Å². The highest BCUT2D eigenvalue weighted by Gasteiger charge is 2.12. The molecular weight excluding hydrogens is 228 g/mol. The topological polar surface area (TPSA) is 68.2 Å². The molecule has 0 radical (unpaired) electrons. The highest BCUT2D eigenvalue weighted by Crippen LogP contribution is 2.02. The summed E-state index contributed by atoms with van der Waals surface area (Å²) in [5.41, 5.74) is 0. The zero-order chi connectivity index (χ0) is 14.0. The Balaban J connectivity index is 3.66. The Bertz CT molecular complexity index is 263. The first-order valence-corrected chi connectivity index (χ1v) is 6.59. The Morgan fingerprint density at radius 1 is 1.22 bits per heavy atom. The molecule has 0 aromatic rings. The molecule has 1 amide bonds. The number of rotatable bonds is 9. The lowest BCUT2D eigenvalue weighted by molar-refractivity contribution is -0.120. The zero-order valence-electron chi connectivity index (χ0n) is 12.0. The Morgan fingerprint density at radius 2 is 1.83 bits per heavy atom. The average molecular weight is 254 g/mol. The number of nitriles is 1. The van der Waals surface area contributed by atoms with E-state index in [1.807, 2.05) is 6.07 Å². The molecule has 0 fully saturated rings. The van der Waals surface area contributed by atoms with Crippen LogP contribution in [0.25, 0.3) is 0 Å². The minimum Gasteiger partial charge on any atom is -0.354 e. The van der Waals surface area contributed by atoms with E-state index in [1.54, 1.807) is 0 Å². The van der Waals surface area contributed by atoms with Gasteiger partial charge in [0, 0.05) is 31.7 Å². The first kappa shape index (κ1) is 16.9. The number of hydrogen-bond acceptors (Lipinski definition) is 4.